The van der Waals surface area contributed by atoms with E-state index in [1.54, 1.807) is 29.3 Å². The number of rotatable bonds is 2. The fraction of sp³-hybridized carbons (Fsp3) is 0.0833. The molecule has 0 radical (unpaired) electrons. The zero-order valence-electron chi connectivity index (χ0n) is 9.29. The number of aliphatic carboxylic acids is 1. The Morgan fingerprint density at radius 2 is 2.33 bits per heavy atom. The highest BCUT2D eigenvalue weighted by molar-refractivity contribution is 5.89. The van der Waals surface area contributed by atoms with Crippen molar-refractivity contribution >= 4 is 17.3 Å². The molecular formula is C12H10N2O4. The molecule has 92 valence electrons. The third kappa shape index (κ3) is 1.68. The maximum absolute atomic E-state index is 11.0. The highest BCUT2D eigenvalue weighted by atomic mass is 17.3. The van der Waals surface area contributed by atoms with Crippen LogP contribution in [-0.2, 0) is 9.78 Å². The predicted molar refractivity (Wildman–Crippen MR) is 63.7 cm³/mol. The molecule has 0 amide bonds. The lowest BCUT2D eigenvalue weighted by Gasteiger charge is -2.21. The van der Waals surface area contributed by atoms with Gasteiger partial charge in [-0.25, -0.2) is 10.3 Å². The van der Waals surface area contributed by atoms with Gasteiger partial charge in [0.2, 0.25) is 0 Å². The summed E-state index contributed by atoms with van der Waals surface area (Å²) >= 11 is 0. The third-order valence-electron chi connectivity index (χ3n) is 2.73. The van der Waals surface area contributed by atoms with Crippen LogP contribution in [0.4, 0.5) is 11.4 Å². The second kappa shape index (κ2) is 4.08. The van der Waals surface area contributed by atoms with E-state index < -0.39 is 5.97 Å². The molecule has 0 aromatic heterocycles. The average molecular weight is 246 g/mol. The van der Waals surface area contributed by atoms with Crippen molar-refractivity contribution in [1.82, 2.24) is 0 Å². The van der Waals surface area contributed by atoms with E-state index in [-0.39, 0.29) is 0 Å². The van der Waals surface area contributed by atoms with Crippen molar-refractivity contribution in [3.8, 4) is 5.75 Å². The second-order valence-corrected chi connectivity index (χ2v) is 3.87. The van der Waals surface area contributed by atoms with Crippen LogP contribution in [0.2, 0.25) is 0 Å². The largest absolute Gasteiger partial charge is 0.478 e. The number of fused-ring (bicyclic) bond motifs is 1. The molecule has 0 unspecified atom stereocenters. The van der Waals surface area contributed by atoms with Gasteiger partial charge in [0.15, 0.2) is 5.75 Å². The number of hydrogen-bond donors (Lipinski definition) is 2. The molecule has 3 rings (SSSR count). The molecule has 0 aliphatic carbocycles. The van der Waals surface area contributed by atoms with Gasteiger partial charge in [0.25, 0.3) is 0 Å². The average Bonchev–Trinajstić information content (AvgIpc) is 2.87. The zero-order chi connectivity index (χ0) is 12.5. The van der Waals surface area contributed by atoms with E-state index in [1.807, 2.05) is 12.3 Å². The molecule has 1 aromatic rings. The first-order valence-corrected chi connectivity index (χ1v) is 5.37. The molecule has 2 heterocycles. The summed E-state index contributed by atoms with van der Waals surface area (Å²) in [6.45, 7) is 0. The van der Waals surface area contributed by atoms with Gasteiger partial charge in [-0.3, -0.25) is 0 Å². The molecule has 6 nitrogen and oxygen atoms in total. The lowest BCUT2D eigenvalue weighted by molar-refractivity contribution is -0.160. The van der Waals surface area contributed by atoms with E-state index in [0.29, 0.717) is 23.4 Å². The molecule has 6 heteroatoms. The fourth-order valence-corrected chi connectivity index (χ4v) is 1.86. The number of nitrogens with zero attached hydrogens (tertiary/aromatic N) is 1. The third-order valence-corrected chi connectivity index (χ3v) is 2.73. The smallest absolute Gasteiger partial charge is 0.333 e. The lowest BCUT2D eigenvalue weighted by atomic mass is 10.1. The second-order valence-electron chi connectivity index (χ2n) is 3.87. The van der Waals surface area contributed by atoms with Crippen LogP contribution in [0.25, 0.3) is 0 Å². The number of nitrogens with one attached hydrogen (secondary N) is 1. The van der Waals surface area contributed by atoms with Crippen molar-refractivity contribution in [2.24, 2.45) is 0 Å². The molecule has 18 heavy (non-hydrogen) atoms. The predicted octanol–water partition coefficient (Wildman–Crippen LogP) is 2.03. The normalized spacial score (nSPS) is 16.7. The molecule has 0 spiro atoms. The molecular weight excluding hydrogens is 236 g/mol. The van der Waals surface area contributed by atoms with Crippen molar-refractivity contribution in [1.29, 1.82) is 0 Å². The standard InChI is InChI=1S/C12H10N2O4/c15-12(16)8-3-2-6-14(7-8)9-4-1-5-10-11(9)13-18-17-10/h1-2,4-7,13H,3H2,(H,15,16). The summed E-state index contributed by atoms with van der Waals surface area (Å²) in [6.07, 6.45) is 5.60. The van der Waals surface area contributed by atoms with Crippen LogP contribution in [0, 0.1) is 0 Å². The van der Waals surface area contributed by atoms with Gasteiger partial charge in [0, 0.05) is 18.8 Å². The van der Waals surface area contributed by atoms with E-state index in [0.717, 1.165) is 5.69 Å². The van der Waals surface area contributed by atoms with Crippen molar-refractivity contribution in [2.75, 3.05) is 10.4 Å². The van der Waals surface area contributed by atoms with Gasteiger partial charge in [-0.15, -0.1) is 0 Å². The first-order chi connectivity index (χ1) is 8.75. The number of hydrogen-bond acceptors (Lipinski definition) is 5. The van der Waals surface area contributed by atoms with Crippen molar-refractivity contribution in [3.63, 3.8) is 0 Å². The molecule has 1 aromatic carbocycles. The Morgan fingerprint density at radius 1 is 1.44 bits per heavy atom. The summed E-state index contributed by atoms with van der Waals surface area (Å²) in [6, 6.07) is 5.41. The Bertz CT molecular complexity index is 565. The Kier molecular flexibility index (Phi) is 2.42. The van der Waals surface area contributed by atoms with Crippen LogP contribution in [0.5, 0.6) is 5.75 Å². The number of anilines is 2. The van der Waals surface area contributed by atoms with Crippen molar-refractivity contribution in [2.45, 2.75) is 6.42 Å². The van der Waals surface area contributed by atoms with Crippen LogP contribution in [0.3, 0.4) is 0 Å². The van der Waals surface area contributed by atoms with E-state index in [4.69, 9.17) is 9.99 Å². The molecule has 2 aliphatic rings. The SMILES string of the molecule is O=C(O)C1=CN(c2cccc3c2NOO3)C=CC1. The summed E-state index contributed by atoms with van der Waals surface area (Å²) in [5, 5.41) is 9.00. The summed E-state index contributed by atoms with van der Waals surface area (Å²) < 4.78 is 0. The van der Waals surface area contributed by atoms with Gasteiger partial charge >= 0.3 is 5.97 Å². The fourth-order valence-electron chi connectivity index (χ4n) is 1.86. The molecule has 0 saturated carbocycles. The van der Waals surface area contributed by atoms with Crippen LogP contribution >= 0.6 is 0 Å². The van der Waals surface area contributed by atoms with Crippen molar-refractivity contribution < 1.29 is 19.8 Å². The molecule has 0 atom stereocenters. The number of para-hydroxylation sites is 1. The van der Waals surface area contributed by atoms with Gasteiger partial charge < -0.3 is 14.9 Å². The van der Waals surface area contributed by atoms with E-state index in [2.05, 4.69) is 10.5 Å². The minimum absolute atomic E-state index is 0.329. The van der Waals surface area contributed by atoms with Gasteiger partial charge in [0.05, 0.1) is 11.3 Å². The van der Waals surface area contributed by atoms with Crippen molar-refractivity contribution in [3.05, 3.63) is 42.2 Å². The Balaban J connectivity index is 2.01. The monoisotopic (exact) mass is 246 g/mol. The summed E-state index contributed by atoms with van der Waals surface area (Å²) in [7, 11) is 0. The number of allylic oxidation sites excluding steroid dienone is 1. The minimum atomic E-state index is -0.919. The van der Waals surface area contributed by atoms with Crippen LogP contribution in [0.15, 0.2) is 42.2 Å². The Hall–Kier alpha value is -2.47. The number of carboxylic acids is 1. The van der Waals surface area contributed by atoms with Crippen LogP contribution in [-0.4, -0.2) is 11.1 Å². The van der Waals surface area contributed by atoms with E-state index in [9.17, 15) is 4.79 Å². The number of carbonyl (C=O) groups is 1. The first-order valence-electron chi connectivity index (χ1n) is 5.37. The van der Waals surface area contributed by atoms with Gasteiger partial charge in [-0.1, -0.05) is 17.1 Å². The van der Waals surface area contributed by atoms with Gasteiger partial charge in [-0.2, -0.15) is 0 Å². The summed E-state index contributed by atoms with van der Waals surface area (Å²) in [5.74, 6) is -0.353. The highest BCUT2D eigenvalue weighted by Crippen LogP contribution is 2.39. The Morgan fingerprint density at radius 3 is 3.17 bits per heavy atom. The summed E-state index contributed by atoms with van der Waals surface area (Å²) in [5.41, 5.74) is 4.40. The van der Waals surface area contributed by atoms with Gasteiger partial charge in [0.1, 0.15) is 5.69 Å². The molecule has 2 aliphatic heterocycles. The maximum Gasteiger partial charge on any atom is 0.333 e. The van der Waals surface area contributed by atoms with Gasteiger partial charge in [-0.05, 0) is 12.1 Å². The Labute approximate surface area is 103 Å². The maximum atomic E-state index is 11.0. The van der Waals surface area contributed by atoms with Crippen LogP contribution in [0.1, 0.15) is 6.42 Å². The number of benzene rings is 1. The molecule has 2 N–H and O–H groups in total. The number of carboxylic acid groups (broad SMARTS) is 1. The lowest BCUT2D eigenvalue weighted by Crippen LogP contribution is -2.15. The molecule has 0 saturated heterocycles. The van der Waals surface area contributed by atoms with E-state index >= 15 is 0 Å². The molecule has 0 fully saturated rings. The minimum Gasteiger partial charge on any atom is -0.478 e. The first kappa shape index (κ1) is 10.7. The van der Waals surface area contributed by atoms with Crippen LogP contribution < -0.4 is 15.3 Å². The zero-order valence-corrected chi connectivity index (χ0v) is 9.29. The van der Waals surface area contributed by atoms with E-state index in [1.165, 1.54) is 0 Å². The highest BCUT2D eigenvalue weighted by Gasteiger charge is 2.21. The quantitative estimate of drug-likeness (QED) is 0.778. The molecule has 0 bridgehead atoms. The topological polar surface area (TPSA) is 71.0 Å². The summed E-state index contributed by atoms with van der Waals surface area (Å²) in [4.78, 5) is 22.3.